The van der Waals surface area contributed by atoms with Crippen LogP contribution >= 0.6 is 0 Å². The number of aromatic nitrogens is 16. The van der Waals surface area contributed by atoms with Crippen molar-refractivity contribution in [3.8, 4) is 141 Å². The lowest BCUT2D eigenvalue weighted by atomic mass is 10.2. The molecule has 2 aliphatic rings. The number of rotatable bonds is 0. The van der Waals surface area contributed by atoms with Crippen LogP contribution in [0.4, 0.5) is 0 Å². The van der Waals surface area contributed by atoms with E-state index in [4.69, 9.17) is 69.8 Å². The second kappa shape index (κ2) is 27.8. The van der Waals surface area contributed by atoms with Gasteiger partial charge in [0.15, 0.2) is 45.9 Å². The van der Waals surface area contributed by atoms with E-state index < -0.39 is 0 Å². The van der Waals surface area contributed by atoms with Gasteiger partial charge in [0.1, 0.15) is 90.4 Å². The van der Waals surface area contributed by atoms with Gasteiger partial charge in [-0.2, -0.15) is 0 Å². The van der Waals surface area contributed by atoms with Gasteiger partial charge in [-0.1, -0.05) is 193 Å². The third-order valence-corrected chi connectivity index (χ3v) is 15.9. The van der Waals surface area contributed by atoms with Crippen LogP contribution in [0.15, 0.2) is 243 Å². The molecule has 104 heavy (non-hydrogen) atoms. The van der Waals surface area contributed by atoms with Gasteiger partial charge < -0.3 is 9.97 Å². The van der Waals surface area contributed by atoms with Crippen LogP contribution in [0.1, 0.15) is 90.1 Å². The molecule has 0 atom stereocenters. The summed E-state index contributed by atoms with van der Waals surface area (Å²) in [5.74, 6) is 52.7. The lowest BCUT2D eigenvalue weighted by molar-refractivity contribution is 1.15. The first-order valence-electron chi connectivity index (χ1n) is 32.5. The number of hydrogen-bond acceptors (Lipinski definition) is 14. The molecule has 16 heteroatoms. The minimum atomic E-state index is 0.0561. The maximum absolute atomic E-state index is 5.33. The number of fused-ring (bicyclic) bond motifs is 20. The highest BCUT2D eigenvalue weighted by atomic mass is 15.1. The lowest BCUT2D eigenvalue weighted by Crippen LogP contribution is -2.00. The van der Waals surface area contributed by atoms with Gasteiger partial charge in [-0.05, 0) is 144 Å². The van der Waals surface area contributed by atoms with Crippen molar-refractivity contribution in [2.24, 2.45) is 0 Å². The molecule has 474 valence electrons. The van der Waals surface area contributed by atoms with E-state index in [1.165, 1.54) is 0 Å². The summed E-state index contributed by atoms with van der Waals surface area (Å²) in [5, 5.41) is 0. The molecule has 8 bridgehead atoms. The topological polar surface area (TPSA) is 212 Å². The molecule has 2 N–H and O–H groups in total. The van der Waals surface area contributed by atoms with Crippen LogP contribution in [-0.2, 0) is 0 Å². The summed E-state index contributed by atoms with van der Waals surface area (Å²) in [7, 11) is 0. The predicted molar refractivity (Wildman–Crippen MR) is 398 cm³/mol. The maximum atomic E-state index is 5.33. The minimum Gasteiger partial charge on any atom is -0.321 e. The average Bonchev–Trinajstić information content (AvgIpc) is 1.61. The SMILES string of the molecule is C(#Cc1nc2c(nc1C#Cc1ccccc1)-c1nc-2nc2[nH]c(nc3nc(nc4[nH]c(n1)c1nc(C#Cc5ccccc5)c(C#Cc5ccccc5)nc41)-c1nc(C#Cc4ccccc4)c(C#Cc4ccccc4)nc1-3)c1nc(C#Cc3ccccc3)c(C#Cc3ccccc3)nc21)c1ccccc1. The summed E-state index contributed by atoms with van der Waals surface area (Å²) in [6, 6.07) is 76.5. The van der Waals surface area contributed by atoms with Crippen molar-refractivity contribution < 1.29 is 0 Å². The first-order valence-corrected chi connectivity index (χ1v) is 32.5. The van der Waals surface area contributed by atoms with E-state index in [2.05, 4.69) is 105 Å². The Balaban J connectivity index is 1.01. The Hall–Kier alpha value is -16.1. The summed E-state index contributed by atoms with van der Waals surface area (Å²) in [6.45, 7) is 0. The number of nitrogens with one attached hydrogen (secondary N) is 2. The molecule has 0 amide bonds. The highest BCUT2D eigenvalue weighted by Crippen LogP contribution is 2.36. The fourth-order valence-electron chi connectivity index (χ4n) is 10.9. The molecule has 0 fully saturated rings. The van der Waals surface area contributed by atoms with Gasteiger partial charge >= 0.3 is 0 Å². The normalized spacial score (nSPS) is 10.5. The van der Waals surface area contributed by atoms with Gasteiger partial charge in [0.05, 0.1) is 0 Å². The molecule has 9 heterocycles. The zero-order valence-corrected chi connectivity index (χ0v) is 54.4. The molecule has 8 aromatic carbocycles. The van der Waals surface area contributed by atoms with Crippen LogP contribution in [0.2, 0.25) is 0 Å². The summed E-state index contributed by atoms with van der Waals surface area (Å²) in [5.41, 5.74) is 10.2. The summed E-state index contributed by atoms with van der Waals surface area (Å²) < 4.78 is 0. The maximum Gasteiger partial charge on any atom is 0.184 e. The number of hydrogen-bond donors (Lipinski definition) is 2. The van der Waals surface area contributed by atoms with Crippen LogP contribution in [0.3, 0.4) is 0 Å². The first kappa shape index (κ1) is 61.5. The monoisotopic (exact) mass is 1320 g/mol. The number of nitrogens with zero attached hydrogens (tertiary/aromatic N) is 14. The van der Waals surface area contributed by atoms with E-state index in [0.29, 0.717) is 0 Å². The van der Waals surface area contributed by atoms with Crippen molar-refractivity contribution >= 4 is 44.7 Å². The van der Waals surface area contributed by atoms with Crippen LogP contribution in [-0.4, -0.2) is 79.7 Å². The lowest BCUT2D eigenvalue weighted by Gasteiger charge is -2.02. The Kier molecular flexibility index (Phi) is 16.4. The predicted octanol–water partition coefficient (Wildman–Crippen LogP) is 13.2. The zero-order valence-electron chi connectivity index (χ0n) is 54.4. The Bertz CT molecular complexity index is 5920. The standard InChI is InChI=1S/C88H42N16/c1-9-25-57(26-10-1)41-49-65-66(50-42-58-27-11-2-12-28-58)90-74-73(89-65)81-97-82(74)102-84-77-78(94-70(54-46-62-35-19-6-20-36-62)69(93-77)53-45-61-33-17-5-18-34-61)86(99-84)104-88-80-79(95-71(55-47-63-37-21-7-22-38-63)72(96-80)56-48-64-39-23-8-24-40-64)87(100-88)103-85-76-75(83(98-85)101-81)91-67(51-43-59-29-13-3-14-30-59)68(92-76)52-44-60-31-15-4-16-32-60/h1-40H,(H2,97,98,99,100,101,102,103,104). The first-order chi connectivity index (χ1) is 51.5. The van der Waals surface area contributed by atoms with Gasteiger partial charge in [0.25, 0.3) is 0 Å². The van der Waals surface area contributed by atoms with Crippen LogP contribution < -0.4 is 0 Å². The number of aromatic amines is 2. The quantitative estimate of drug-likeness (QED) is 0.135. The summed E-state index contributed by atoms with van der Waals surface area (Å²) >= 11 is 0. The van der Waals surface area contributed by atoms with E-state index in [9.17, 15) is 0 Å². The molecule has 0 radical (unpaired) electrons. The second-order valence-electron chi connectivity index (χ2n) is 23.0. The van der Waals surface area contributed by atoms with E-state index in [0.717, 1.165) is 44.5 Å². The van der Waals surface area contributed by atoms with Gasteiger partial charge in [-0.25, -0.2) is 69.8 Å². The Morgan fingerprint density at radius 2 is 0.308 bits per heavy atom. The molecule has 0 aliphatic carbocycles. The van der Waals surface area contributed by atoms with E-state index >= 15 is 0 Å². The molecular weight excluding hydrogens is 1280 g/mol. The van der Waals surface area contributed by atoms with Crippen LogP contribution in [0, 0.1) is 94.7 Å². The smallest absolute Gasteiger partial charge is 0.184 e. The molecule has 17 rings (SSSR count). The van der Waals surface area contributed by atoms with Gasteiger partial charge in [0.2, 0.25) is 0 Å². The summed E-state index contributed by atoms with van der Waals surface area (Å²) in [6.07, 6.45) is 0. The van der Waals surface area contributed by atoms with E-state index in [1.54, 1.807) is 0 Å². The molecule has 0 saturated carbocycles. The third kappa shape index (κ3) is 13.3. The Labute approximate surface area is 594 Å². The molecule has 0 spiro atoms. The Morgan fingerprint density at radius 3 is 0.471 bits per heavy atom. The molecule has 0 unspecified atom stereocenters. The van der Waals surface area contributed by atoms with Gasteiger partial charge in [-0.3, -0.25) is 0 Å². The van der Waals surface area contributed by atoms with Gasteiger partial charge in [0, 0.05) is 44.5 Å². The van der Waals surface area contributed by atoms with E-state index in [1.807, 2.05) is 243 Å². The van der Waals surface area contributed by atoms with Crippen molar-refractivity contribution in [1.82, 2.24) is 79.7 Å². The highest BCUT2D eigenvalue weighted by molar-refractivity contribution is 6.02. The second-order valence-corrected chi connectivity index (χ2v) is 23.0. The molecule has 7 aromatic heterocycles. The van der Waals surface area contributed by atoms with Crippen molar-refractivity contribution in [1.29, 1.82) is 0 Å². The van der Waals surface area contributed by atoms with Crippen LogP contribution in [0.25, 0.3) is 90.7 Å². The molecule has 15 aromatic rings. The fourth-order valence-corrected chi connectivity index (χ4v) is 10.9. The molecule has 0 saturated heterocycles. The van der Waals surface area contributed by atoms with E-state index in [-0.39, 0.29) is 136 Å². The van der Waals surface area contributed by atoms with Crippen molar-refractivity contribution in [2.45, 2.75) is 0 Å². The van der Waals surface area contributed by atoms with Crippen molar-refractivity contribution in [3.05, 3.63) is 333 Å². The van der Waals surface area contributed by atoms with Crippen molar-refractivity contribution in [3.63, 3.8) is 0 Å². The minimum absolute atomic E-state index is 0.0561. The number of H-pyrrole nitrogens is 2. The average molecular weight is 1320 g/mol. The largest absolute Gasteiger partial charge is 0.321 e. The Morgan fingerprint density at radius 1 is 0.154 bits per heavy atom. The summed E-state index contributed by atoms with van der Waals surface area (Å²) in [4.78, 5) is 80.9. The fraction of sp³-hybridized carbons (Fsp3) is 0. The van der Waals surface area contributed by atoms with Crippen LogP contribution in [0.5, 0.6) is 0 Å². The number of benzene rings is 8. The molecular formula is C88H42N16. The third-order valence-electron chi connectivity index (χ3n) is 15.9. The highest BCUT2D eigenvalue weighted by Gasteiger charge is 2.29. The molecule has 2 aliphatic heterocycles. The zero-order chi connectivity index (χ0) is 69.4. The van der Waals surface area contributed by atoms with Gasteiger partial charge in [-0.15, -0.1) is 0 Å². The molecule has 16 nitrogen and oxygen atoms in total. The van der Waals surface area contributed by atoms with Crippen molar-refractivity contribution in [2.75, 3.05) is 0 Å².